The predicted molar refractivity (Wildman–Crippen MR) is 81.0 cm³/mol. The second kappa shape index (κ2) is 5.99. The van der Waals surface area contributed by atoms with Crippen molar-refractivity contribution >= 4 is 5.82 Å². The zero-order chi connectivity index (χ0) is 16.4. The molecule has 0 N–H and O–H groups in total. The third-order valence-electron chi connectivity index (χ3n) is 3.63. The SMILES string of the molecule is Cc1ccccc1Cc1nnc(Cn2c([N+](=O)[O-])cnc2C)o1. The Morgan fingerprint density at radius 1 is 1.22 bits per heavy atom. The van der Waals surface area contributed by atoms with Gasteiger partial charge in [-0.3, -0.25) is 0 Å². The van der Waals surface area contributed by atoms with Gasteiger partial charge in [-0.25, -0.2) is 9.55 Å². The number of hydrogen-bond donors (Lipinski definition) is 0. The minimum Gasteiger partial charge on any atom is -0.421 e. The van der Waals surface area contributed by atoms with E-state index in [0.29, 0.717) is 24.0 Å². The lowest BCUT2D eigenvalue weighted by atomic mass is 10.1. The molecule has 8 heteroatoms. The van der Waals surface area contributed by atoms with Crippen LogP contribution in [0.25, 0.3) is 0 Å². The molecule has 0 spiro atoms. The van der Waals surface area contributed by atoms with Crippen LogP contribution in [0.2, 0.25) is 0 Å². The molecule has 118 valence electrons. The number of aryl methyl sites for hydroxylation is 2. The minimum atomic E-state index is -0.482. The normalized spacial score (nSPS) is 10.9. The van der Waals surface area contributed by atoms with Gasteiger partial charge in [0.05, 0.1) is 6.42 Å². The van der Waals surface area contributed by atoms with E-state index in [-0.39, 0.29) is 12.4 Å². The molecule has 3 rings (SSSR count). The van der Waals surface area contributed by atoms with Crippen molar-refractivity contribution in [3.05, 3.63) is 69.3 Å². The van der Waals surface area contributed by atoms with Crippen LogP contribution >= 0.6 is 0 Å². The van der Waals surface area contributed by atoms with Crippen molar-refractivity contribution in [2.75, 3.05) is 0 Å². The average molecular weight is 313 g/mol. The lowest BCUT2D eigenvalue weighted by molar-refractivity contribution is -0.392. The number of benzene rings is 1. The van der Waals surface area contributed by atoms with Crippen LogP contribution in [0.15, 0.2) is 34.9 Å². The Balaban J connectivity index is 1.79. The summed E-state index contributed by atoms with van der Waals surface area (Å²) < 4.78 is 7.05. The average Bonchev–Trinajstić information content (AvgIpc) is 3.10. The van der Waals surface area contributed by atoms with E-state index >= 15 is 0 Å². The van der Waals surface area contributed by atoms with Crippen molar-refractivity contribution in [3.63, 3.8) is 0 Å². The first-order valence-electron chi connectivity index (χ1n) is 7.07. The molecule has 0 bridgehead atoms. The lowest BCUT2D eigenvalue weighted by Crippen LogP contribution is -2.06. The van der Waals surface area contributed by atoms with E-state index in [9.17, 15) is 10.1 Å². The van der Waals surface area contributed by atoms with Crippen LogP contribution < -0.4 is 0 Å². The van der Waals surface area contributed by atoms with Gasteiger partial charge in [-0.05, 0) is 23.0 Å². The van der Waals surface area contributed by atoms with Gasteiger partial charge in [0.1, 0.15) is 6.20 Å². The monoisotopic (exact) mass is 313 g/mol. The summed E-state index contributed by atoms with van der Waals surface area (Å²) in [5, 5.41) is 19.0. The summed E-state index contributed by atoms with van der Waals surface area (Å²) in [7, 11) is 0. The van der Waals surface area contributed by atoms with Crippen molar-refractivity contribution in [2.45, 2.75) is 26.8 Å². The quantitative estimate of drug-likeness (QED) is 0.530. The Morgan fingerprint density at radius 3 is 2.70 bits per heavy atom. The van der Waals surface area contributed by atoms with Gasteiger partial charge in [0.15, 0.2) is 12.4 Å². The summed E-state index contributed by atoms with van der Waals surface area (Å²) in [5.41, 5.74) is 2.25. The molecule has 0 unspecified atom stereocenters. The van der Waals surface area contributed by atoms with Gasteiger partial charge in [0, 0.05) is 6.92 Å². The zero-order valence-corrected chi connectivity index (χ0v) is 12.8. The highest BCUT2D eigenvalue weighted by Gasteiger charge is 2.20. The molecular weight excluding hydrogens is 298 g/mol. The van der Waals surface area contributed by atoms with E-state index < -0.39 is 4.92 Å². The summed E-state index contributed by atoms with van der Waals surface area (Å²) in [6, 6.07) is 7.95. The van der Waals surface area contributed by atoms with Gasteiger partial charge in [-0.2, -0.15) is 0 Å². The summed E-state index contributed by atoms with van der Waals surface area (Å²) >= 11 is 0. The fraction of sp³-hybridized carbons (Fsp3) is 0.267. The molecule has 1 aromatic carbocycles. The van der Waals surface area contributed by atoms with Crippen LogP contribution in [-0.4, -0.2) is 24.7 Å². The molecule has 0 aliphatic heterocycles. The fourth-order valence-electron chi connectivity index (χ4n) is 2.33. The van der Waals surface area contributed by atoms with E-state index in [1.807, 2.05) is 31.2 Å². The molecule has 0 amide bonds. The number of nitro groups is 1. The van der Waals surface area contributed by atoms with Crippen LogP contribution in [-0.2, 0) is 13.0 Å². The van der Waals surface area contributed by atoms with Crippen molar-refractivity contribution in [2.24, 2.45) is 0 Å². The van der Waals surface area contributed by atoms with Crippen LogP contribution in [0, 0.1) is 24.0 Å². The van der Waals surface area contributed by atoms with E-state index in [1.165, 1.54) is 10.8 Å². The van der Waals surface area contributed by atoms with Gasteiger partial charge in [-0.15, -0.1) is 10.2 Å². The summed E-state index contributed by atoms with van der Waals surface area (Å²) in [4.78, 5) is 14.5. The van der Waals surface area contributed by atoms with Crippen LogP contribution in [0.4, 0.5) is 5.82 Å². The van der Waals surface area contributed by atoms with Crippen LogP contribution in [0.3, 0.4) is 0 Å². The Hall–Kier alpha value is -3.03. The van der Waals surface area contributed by atoms with E-state index in [2.05, 4.69) is 15.2 Å². The number of aromatic nitrogens is 4. The maximum atomic E-state index is 11.0. The fourth-order valence-corrected chi connectivity index (χ4v) is 2.33. The van der Waals surface area contributed by atoms with Gasteiger partial charge >= 0.3 is 5.82 Å². The molecule has 2 heterocycles. The highest BCUT2D eigenvalue weighted by Crippen LogP contribution is 2.17. The molecular formula is C15H15N5O3. The van der Waals surface area contributed by atoms with Crippen molar-refractivity contribution in [1.82, 2.24) is 19.7 Å². The van der Waals surface area contributed by atoms with Gasteiger partial charge in [-0.1, -0.05) is 24.3 Å². The molecule has 0 atom stereocenters. The Kier molecular flexibility index (Phi) is 3.88. The second-order valence-electron chi connectivity index (χ2n) is 5.20. The predicted octanol–water partition coefficient (Wildman–Crippen LogP) is 2.43. The van der Waals surface area contributed by atoms with Gasteiger partial charge < -0.3 is 14.5 Å². The summed E-state index contributed by atoms with van der Waals surface area (Å²) in [6.45, 7) is 3.84. The van der Waals surface area contributed by atoms with Crippen LogP contribution in [0.1, 0.15) is 28.7 Å². The molecule has 0 saturated heterocycles. The van der Waals surface area contributed by atoms with E-state index in [1.54, 1.807) is 6.92 Å². The number of rotatable bonds is 5. The zero-order valence-electron chi connectivity index (χ0n) is 12.8. The number of imidazole rings is 1. The van der Waals surface area contributed by atoms with Gasteiger partial charge in [0.25, 0.3) is 5.89 Å². The van der Waals surface area contributed by atoms with E-state index in [4.69, 9.17) is 4.42 Å². The Bertz CT molecular complexity index is 852. The molecule has 23 heavy (non-hydrogen) atoms. The van der Waals surface area contributed by atoms with Crippen LogP contribution in [0.5, 0.6) is 0 Å². The maximum Gasteiger partial charge on any atom is 0.343 e. The third-order valence-corrected chi connectivity index (χ3v) is 3.63. The van der Waals surface area contributed by atoms with Gasteiger partial charge in [0.2, 0.25) is 5.89 Å². The highest BCUT2D eigenvalue weighted by molar-refractivity contribution is 5.27. The maximum absolute atomic E-state index is 11.0. The summed E-state index contributed by atoms with van der Waals surface area (Å²) in [6.07, 6.45) is 1.75. The van der Waals surface area contributed by atoms with Crippen molar-refractivity contribution in [1.29, 1.82) is 0 Å². The van der Waals surface area contributed by atoms with Crippen molar-refractivity contribution < 1.29 is 9.34 Å². The molecule has 8 nitrogen and oxygen atoms in total. The molecule has 0 saturated carbocycles. The smallest absolute Gasteiger partial charge is 0.343 e. The highest BCUT2D eigenvalue weighted by atomic mass is 16.6. The summed E-state index contributed by atoms with van der Waals surface area (Å²) in [5.74, 6) is 1.23. The molecule has 0 aliphatic rings. The Labute approximate surface area is 131 Å². The van der Waals surface area contributed by atoms with E-state index in [0.717, 1.165) is 11.1 Å². The first-order valence-corrected chi connectivity index (χ1v) is 7.07. The second-order valence-corrected chi connectivity index (χ2v) is 5.20. The molecule has 3 aromatic rings. The molecule has 0 aliphatic carbocycles. The lowest BCUT2D eigenvalue weighted by Gasteiger charge is -2.01. The number of hydrogen-bond acceptors (Lipinski definition) is 6. The standard InChI is InChI=1S/C15H15N5O3/c1-10-5-3-4-6-12(10)7-13-17-18-14(23-13)9-19-11(2)16-8-15(19)20(21)22/h3-6,8H,7,9H2,1-2H3. The molecule has 0 fully saturated rings. The topological polar surface area (TPSA) is 99.9 Å². The first-order chi connectivity index (χ1) is 11.0. The molecule has 0 radical (unpaired) electrons. The molecule has 2 aromatic heterocycles. The minimum absolute atomic E-state index is 0.0962. The Morgan fingerprint density at radius 2 is 1.96 bits per heavy atom. The van der Waals surface area contributed by atoms with Crippen molar-refractivity contribution in [3.8, 4) is 0 Å². The largest absolute Gasteiger partial charge is 0.421 e. The first kappa shape index (κ1) is 14.9. The number of nitrogens with zero attached hydrogens (tertiary/aromatic N) is 5. The third kappa shape index (κ3) is 3.10.